The van der Waals surface area contributed by atoms with Gasteiger partial charge in [-0.3, -0.25) is 0 Å². The van der Waals surface area contributed by atoms with Gasteiger partial charge in [-0.15, -0.1) is 0 Å². The van der Waals surface area contributed by atoms with Crippen LogP contribution in [0.4, 0.5) is 4.39 Å². The van der Waals surface area contributed by atoms with Gasteiger partial charge in [0, 0.05) is 7.05 Å². The fourth-order valence-electron chi connectivity index (χ4n) is 2.53. The molecule has 1 saturated carbocycles. The van der Waals surface area contributed by atoms with Gasteiger partial charge in [-0.1, -0.05) is 6.07 Å². The van der Waals surface area contributed by atoms with Crippen LogP contribution in [0.25, 0.3) is 11.0 Å². The molecule has 1 heterocycles. The summed E-state index contributed by atoms with van der Waals surface area (Å²) >= 11 is 0. The molecular weight excluding hydrogens is 217 g/mol. The number of rotatable bonds is 2. The molecular formula is C13H16FN3. The molecule has 2 aromatic rings. The summed E-state index contributed by atoms with van der Waals surface area (Å²) in [6.07, 6.45) is 2.28. The Morgan fingerprint density at radius 1 is 1.47 bits per heavy atom. The number of imidazole rings is 1. The first-order valence-electron chi connectivity index (χ1n) is 5.92. The molecule has 0 aliphatic heterocycles. The van der Waals surface area contributed by atoms with Crippen LogP contribution in [0, 0.1) is 11.7 Å². The lowest BCUT2D eigenvalue weighted by molar-refractivity contribution is 0.391. The van der Waals surface area contributed by atoms with Crippen molar-refractivity contribution in [2.45, 2.75) is 25.3 Å². The van der Waals surface area contributed by atoms with E-state index in [0.717, 1.165) is 24.2 Å². The van der Waals surface area contributed by atoms with Gasteiger partial charge in [0.25, 0.3) is 0 Å². The molecule has 1 aliphatic carbocycles. The summed E-state index contributed by atoms with van der Waals surface area (Å²) in [5.74, 6) is 0.970. The molecule has 1 fully saturated rings. The van der Waals surface area contributed by atoms with Gasteiger partial charge in [-0.2, -0.15) is 0 Å². The van der Waals surface area contributed by atoms with Gasteiger partial charge in [0.05, 0.1) is 11.1 Å². The topological polar surface area (TPSA) is 43.8 Å². The quantitative estimate of drug-likeness (QED) is 0.865. The first-order valence-corrected chi connectivity index (χ1v) is 5.92. The Balaban J connectivity index is 2.24. The van der Waals surface area contributed by atoms with Gasteiger partial charge in [0.15, 0.2) is 5.82 Å². The highest BCUT2D eigenvalue weighted by Crippen LogP contribution is 2.43. The van der Waals surface area contributed by atoms with Crippen LogP contribution < -0.4 is 5.73 Å². The van der Waals surface area contributed by atoms with Crippen molar-refractivity contribution in [2.24, 2.45) is 18.7 Å². The largest absolute Gasteiger partial charge is 0.329 e. The van der Waals surface area contributed by atoms with Gasteiger partial charge < -0.3 is 10.3 Å². The van der Waals surface area contributed by atoms with Crippen molar-refractivity contribution in [1.29, 1.82) is 0 Å². The fourth-order valence-corrected chi connectivity index (χ4v) is 2.53. The predicted octanol–water partition coefficient (Wildman–Crippen LogP) is 2.30. The highest BCUT2D eigenvalue weighted by atomic mass is 19.1. The zero-order valence-electron chi connectivity index (χ0n) is 10.1. The van der Waals surface area contributed by atoms with Crippen molar-refractivity contribution in [3.05, 3.63) is 29.8 Å². The van der Waals surface area contributed by atoms with E-state index in [0.29, 0.717) is 11.4 Å². The Morgan fingerprint density at radius 2 is 2.18 bits per heavy atom. The molecule has 1 unspecified atom stereocenters. The van der Waals surface area contributed by atoms with Crippen molar-refractivity contribution in [3.63, 3.8) is 0 Å². The van der Waals surface area contributed by atoms with Crippen molar-refractivity contribution in [3.8, 4) is 0 Å². The van der Waals surface area contributed by atoms with Crippen LogP contribution in [-0.4, -0.2) is 9.55 Å². The SMILES string of the molecule is Cn1c(C(C)(N)C2CC2)nc2c(F)cccc21. The standard InChI is InChI=1S/C13H16FN3/c1-13(15,8-6-7-8)12-16-11-9(14)4-3-5-10(11)17(12)2/h3-5,8H,6-7,15H2,1-2H3. The molecule has 90 valence electrons. The zero-order chi connectivity index (χ0) is 12.2. The second kappa shape index (κ2) is 3.29. The average molecular weight is 233 g/mol. The Labute approximate surface area is 99.4 Å². The van der Waals surface area contributed by atoms with Gasteiger partial charge in [0.2, 0.25) is 0 Å². The van der Waals surface area contributed by atoms with E-state index in [-0.39, 0.29) is 5.82 Å². The van der Waals surface area contributed by atoms with E-state index < -0.39 is 5.54 Å². The number of para-hydroxylation sites is 1. The summed E-state index contributed by atoms with van der Waals surface area (Å²) in [4.78, 5) is 4.41. The second-order valence-corrected chi connectivity index (χ2v) is 5.16. The Kier molecular flexibility index (Phi) is 2.08. The molecule has 17 heavy (non-hydrogen) atoms. The molecule has 1 aromatic carbocycles. The molecule has 0 radical (unpaired) electrons. The number of hydrogen-bond donors (Lipinski definition) is 1. The average Bonchev–Trinajstić information content (AvgIpc) is 3.06. The summed E-state index contributed by atoms with van der Waals surface area (Å²) in [6.45, 7) is 1.99. The maximum Gasteiger partial charge on any atom is 0.151 e. The predicted molar refractivity (Wildman–Crippen MR) is 64.9 cm³/mol. The number of fused-ring (bicyclic) bond motifs is 1. The molecule has 0 spiro atoms. The molecule has 0 bridgehead atoms. The Hall–Kier alpha value is -1.42. The molecule has 3 rings (SSSR count). The lowest BCUT2D eigenvalue weighted by Gasteiger charge is -2.23. The van der Waals surface area contributed by atoms with Crippen molar-refractivity contribution >= 4 is 11.0 Å². The zero-order valence-corrected chi connectivity index (χ0v) is 10.1. The van der Waals surface area contributed by atoms with E-state index in [2.05, 4.69) is 4.98 Å². The van der Waals surface area contributed by atoms with Gasteiger partial charge in [-0.25, -0.2) is 9.37 Å². The summed E-state index contributed by atoms with van der Waals surface area (Å²) in [6, 6.07) is 5.01. The number of halogens is 1. The molecule has 1 aromatic heterocycles. The summed E-state index contributed by atoms with van der Waals surface area (Å²) in [7, 11) is 1.90. The van der Waals surface area contributed by atoms with Gasteiger partial charge in [0.1, 0.15) is 11.3 Å². The third-order valence-corrected chi connectivity index (χ3v) is 3.77. The highest BCUT2D eigenvalue weighted by molar-refractivity contribution is 5.76. The number of benzene rings is 1. The molecule has 1 aliphatic rings. The Morgan fingerprint density at radius 3 is 2.76 bits per heavy atom. The van der Waals surface area contributed by atoms with Gasteiger partial charge in [-0.05, 0) is 37.8 Å². The van der Waals surface area contributed by atoms with E-state index in [1.54, 1.807) is 6.07 Å². The maximum atomic E-state index is 13.7. The molecule has 4 heteroatoms. The number of nitrogens with zero attached hydrogens (tertiary/aromatic N) is 2. The van der Waals surface area contributed by atoms with Crippen molar-refractivity contribution < 1.29 is 4.39 Å². The molecule has 2 N–H and O–H groups in total. The minimum Gasteiger partial charge on any atom is -0.329 e. The van der Waals surface area contributed by atoms with Crippen LogP contribution in [0.5, 0.6) is 0 Å². The second-order valence-electron chi connectivity index (χ2n) is 5.16. The number of aryl methyl sites for hydroxylation is 1. The third kappa shape index (κ3) is 1.47. The van der Waals surface area contributed by atoms with Crippen LogP contribution in [-0.2, 0) is 12.6 Å². The van der Waals surface area contributed by atoms with E-state index in [1.165, 1.54) is 6.07 Å². The van der Waals surface area contributed by atoms with Crippen LogP contribution in [0.3, 0.4) is 0 Å². The summed E-state index contributed by atoms with van der Waals surface area (Å²) < 4.78 is 15.6. The minimum atomic E-state index is -0.458. The molecule has 0 amide bonds. The van der Waals surface area contributed by atoms with E-state index in [1.807, 2.05) is 24.6 Å². The Bertz CT molecular complexity index is 582. The highest BCUT2D eigenvalue weighted by Gasteiger charge is 2.42. The van der Waals surface area contributed by atoms with Crippen molar-refractivity contribution in [2.75, 3.05) is 0 Å². The number of nitrogens with two attached hydrogens (primary N) is 1. The fraction of sp³-hybridized carbons (Fsp3) is 0.462. The smallest absolute Gasteiger partial charge is 0.151 e. The first-order chi connectivity index (χ1) is 8.01. The number of aromatic nitrogens is 2. The molecule has 3 nitrogen and oxygen atoms in total. The van der Waals surface area contributed by atoms with Crippen LogP contribution >= 0.6 is 0 Å². The normalized spacial score (nSPS) is 19.5. The summed E-state index contributed by atoms with van der Waals surface area (Å²) in [5, 5.41) is 0. The van der Waals surface area contributed by atoms with Crippen LogP contribution in [0.1, 0.15) is 25.6 Å². The maximum absolute atomic E-state index is 13.7. The van der Waals surface area contributed by atoms with Crippen LogP contribution in [0.2, 0.25) is 0 Å². The lowest BCUT2D eigenvalue weighted by atomic mass is 9.96. The van der Waals surface area contributed by atoms with E-state index in [9.17, 15) is 4.39 Å². The van der Waals surface area contributed by atoms with E-state index >= 15 is 0 Å². The molecule has 0 saturated heterocycles. The molecule has 1 atom stereocenters. The first kappa shape index (κ1) is 10.7. The van der Waals surface area contributed by atoms with Crippen LogP contribution in [0.15, 0.2) is 18.2 Å². The monoisotopic (exact) mass is 233 g/mol. The third-order valence-electron chi connectivity index (χ3n) is 3.77. The van der Waals surface area contributed by atoms with Gasteiger partial charge >= 0.3 is 0 Å². The number of hydrogen-bond acceptors (Lipinski definition) is 2. The van der Waals surface area contributed by atoms with Crippen molar-refractivity contribution in [1.82, 2.24) is 9.55 Å². The lowest BCUT2D eigenvalue weighted by Crippen LogP contribution is -2.38. The van der Waals surface area contributed by atoms with E-state index in [4.69, 9.17) is 5.73 Å². The minimum absolute atomic E-state index is 0.282. The summed E-state index contributed by atoms with van der Waals surface area (Å²) in [5.41, 5.74) is 7.12.